The van der Waals surface area contributed by atoms with Crippen molar-refractivity contribution in [1.29, 1.82) is 0 Å². The lowest BCUT2D eigenvalue weighted by Crippen LogP contribution is -2.53. The number of likely N-dealkylation sites (tertiary alicyclic amines) is 1. The van der Waals surface area contributed by atoms with E-state index in [4.69, 9.17) is 23.2 Å². The molecule has 0 aromatic heterocycles. The van der Waals surface area contributed by atoms with Gasteiger partial charge in [-0.15, -0.1) is 0 Å². The third kappa shape index (κ3) is 10.2. The molecule has 1 saturated carbocycles. The van der Waals surface area contributed by atoms with Gasteiger partial charge in [-0.05, 0) is 68.7 Å². The van der Waals surface area contributed by atoms with Gasteiger partial charge in [-0.25, -0.2) is 0 Å². The van der Waals surface area contributed by atoms with E-state index in [1.807, 2.05) is 16.8 Å². The van der Waals surface area contributed by atoms with Gasteiger partial charge >= 0.3 is 0 Å². The number of nitrogens with one attached hydrogen (secondary N) is 1. The van der Waals surface area contributed by atoms with Crippen LogP contribution in [0.25, 0.3) is 0 Å². The number of thioether (sulfide) groups is 1. The molecular formula is C30H42Cl2N4O4S. The summed E-state index contributed by atoms with van der Waals surface area (Å²) in [5.74, 6) is 1.95. The molecule has 1 heterocycles. The lowest BCUT2D eigenvalue weighted by molar-refractivity contribution is -0.144. The van der Waals surface area contributed by atoms with Crippen LogP contribution in [0.2, 0.25) is 10.0 Å². The number of amides is 4. The number of carbonyl (C=O) groups is 4. The van der Waals surface area contributed by atoms with Crippen LogP contribution in [0.4, 0.5) is 0 Å². The van der Waals surface area contributed by atoms with Crippen LogP contribution < -0.4 is 5.32 Å². The van der Waals surface area contributed by atoms with Crippen molar-refractivity contribution in [2.45, 2.75) is 70.0 Å². The van der Waals surface area contributed by atoms with E-state index < -0.39 is 6.04 Å². The number of likely N-dealkylation sites (N-methyl/N-ethyl adjacent to an activating group) is 1. The highest BCUT2D eigenvalue weighted by atomic mass is 35.5. The molecule has 1 aliphatic heterocycles. The van der Waals surface area contributed by atoms with E-state index in [9.17, 15) is 19.2 Å². The summed E-state index contributed by atoms with van der Waals surface area (Å²) >= 11 is 14.4. The van der Waals surface area contributed by atoms with Crippen molar-refractivity contribution < 1.29 is 19.2 Å². The fourth-order valence-corrected chi connectivity index (χ4v) is 6.38. The van der Waals surface area contributed by atoms with Crippen LogP contribution in [0.1, 0.15) is 51.0 Å². The Kier molecular flexibility index (Phi) is 13.3. The van der Waals surface area contributed by atoms with E-state index in [1.165, 1.54) is 17.7 Å². The maximum atomic E-state index is 13.9. The van der Waals surface area contributed by atoms with Crippen molar-refractivity contribution in [2.24, 2.45) is 5.92 Å². The van der Waals surface area contributed by atoms with Crippen LogP contribution in [0.15, 0.2) is 30.4 Å². The van der Waals surface area contributed by atoms with Gasteiger partial charge in [0.2, 0.25) is 24.1 Å². The first-order valence-corrected chi connectivity index (χ1v) is 16.2. The van der Waals surface area contributed by atoms with Crippen LogP contribution >= 0.6 is 35.0 Å². The monoisotopic (exact) mass is 624 g/mol. The summed E-state index contributed by atoms with van der Waals surface area (Å²) < 4.78 is 0. The minimum absolute atomic E-state index is 0.0694. The average molecular weight is 626 g/mol. The fraction of sp³-hybridized carbons (Fsp3) is 0.600. The highest BCUT2D eigenvalue weighted by molar-refractivity contribution is 7.99. The van der Waals surface area contributed by atoms with Gasteiger partial charge in [-0.2, -0.15) is 11.8 Å². The average Bonchev–Trinajstić information content (AvgIpc) is 3.65. The summed E-state index contributed by atoms with van der Waals surface area (Å²) in [4.78, 5) is 54.9. The molecule has 1 N–H and O–H groups in total. The number of carbonyl (C=O) groups excluding carboxylic acids is 4. The molecule has 0 spiro atoms. The van der Waals surface area contributed by atoms with Crippen molar-refractivity contribution in [3.05, 3.63) is 46.0 Å². The van der Waals surface area contributed by atoms with Crippen LogP contribution in [-0.4, -0.2) is 95.6 Å². The predicted molar refractivity (Wildman–Crippen MR) is 166 cm³/mol. The maximum absolute atomic E-state index is 13.9. The zero-order valence-electron chi connectivity index (χ0n) is 24.2. The standard InChI is InChI=1S/C30H42Cl2N4O4S/c1-21(34(2)28(38)15-22-9-10-22)7-4-5-14-41-19-25-8-6-13-36(25)30(40)27(35(3)29(39)18-33-20-37)17-23-16-24(31)11-12-26(23)32/h4-5,11-12,16,20-22,25,27H,6-10,13-15,17-19H2,1-3H3,(H,33,37)/b5-4+/t21?,25?,27-/m0/s1. The Morgan fingerprint density at radius 2 is 1.88 bits per heavy atom. The van der Waals surface area contributed by atoms with Crippen LogP contribution in [0, 0.1) is 5.92 Å². The predicted octanol–water partition coefficient (Wildman–Crippen LogP) is 4.43. The van der Waals surface area contributed by atoms with Gasteiger partial charge in [0.15, 0.2) is 0 Å². The molecule has 0 radical (unpaired) electrons. The molecule has 1 saturated heterocycles. The molecule has 3 atom stereocenters. The van der Waals surface area contributed by atoms with E-state index in [2.05, 4.69) is 24.4 Å². The molecule has 2 unspecified atom stereocenters. The Balaban J connectivity index is 1.56. The second kappa shape index (κ2) is 16.4. The second-order valence-corrected chi connectivity index (χ2v) is 13.0. The molecule has 41 heavy (non-hydrogen) atoms. The molecule has 3 rings (SSSR count). The van der Waals surface area contributed by atoms with Gasteiger partial charge in [-0.1, -0.05) is 35.4 Å². The number of benzene rings is 1. The summed E-state index contributed by atoms with van der Waals surface area (Å²) in [7, 11) is 3.47. The lowest BCUT2D eigenvalue weighted by atomic mass is 10.0. The van der Waals surface area contributed by atoms with Gasteiger partial charge in [0, 0.05) is 67.1 Å². The molecule has 11 heteroatoms. The summed E-state index contributed by atoms with van der Waals surface area (Å²) in [6.45, 7) is 2.52. The van der Waals surface area contributed by atoms with E-state index in [-0.39, 0.29) is 42.8 Å². The van der Waals surface area contributed by atoms with E-state index >= 15 is 0 Å². The van der Waals surface area contributed by atoms with E-state index in [0.29, 0.717) is 40.9 Å². The largest absolute Gasteiger partial charge is 0.350 e. The highest BCUT2D eigenvalue weighted by Gasteiger charge is 2.36. The normalized spacial score (nSPS) is 18.3. The highest BCUT2D eigenvalue weighted by Crippen LogP contribution is 2.33. The smallest absolute Gasteiger partial charge is 0.245 e. The van der Waals surface area contributed by atoms with Crippen molar-refractivity contribution >= 4 is 59.1 Å². The molecule has 1 aromatic rings. The maximum Gasteiger partial charge on any atom is 0.245 e. The molecule has 1 aromatic carbocycles. The summed E-state index contributed by atoms with van der Waals surface area (Å²) in [5.41, 5.74) is 0.685. The molecule has 8 nitrogen and oxygen atoms in total. The first kappa shape index (κ1) is 33.3. The van der Waals surface area contributed by atoms with Crippen molar-refractivity contribution in [3.63, 3.8) is 0 Å². The van der Waals surface area contributed by atoms with Gasteiger partial charge in [0.1, 0.15) is 6.04 Å². The molecule has 2 aliphatic rings. The summed E-state index contributed by atoms with van der Waals surface area (Å²) in [6.07, 6.45) is 10.6. The number of rotatable bonds is 16. The molecule has 226 valence electrons. The van der Waals surface area contributed by atoms with Crippen molar-refractivity contribution in [2.75, 3.05) is 38.7 Å². The van der Waals surface area contributed by atoms with Gasteiger partial charge in [0.05, 0.1) is 6.54 Å². The Morgan fingerprint density at radius 3 is 2.59 bits per heavy atom. The molecule has 4 amide bonds. The Hall–Kier alpha value is -2.23. The topological polar surface area (TPSA) is 90.0 Å². The van der Waals surface area contributed by atoms with Gasteiger partial charge < -0.3 is 20.0 Å². The molecular weight excluding hydrogens is 583 g/mol. The Labute approximate surface area is 258 Å². The van der Waals surface area contributed by atoms with E-state index in [0.717, 1.165) is 30.8 Å². The Bertz CT molecular complexity index is 1100. The Morgan fingerprint density at radius 1 is 1.12 bits per heavy atom. The number of nitrogens with zero attached hydrogens (tertiary/aromatic N) is 3. The van der Waals surface area contributed by atoms with Crippen LogP contribution in [0.3, 0.4) is 0 Å². The summed E-state index contributed by atoms with van der Waals surface area (Å²) in [6, 6.07) is 4.54. The third-order valence-corrected chi connectivity index (χ3v) is 9.60. The van der Waals surface area contributed by atoms with Crippen LogP contribution in [0.5, 0.6) is 0 Å². The summed E-state index contributed by atoms with van der Waals surface area (Å²) in [5, 5.41) is 3.37. The molecule has 1 aliphatic carbocycles. The molecule has 2 fully saturated rings. The minimum atomic E-state index is -0.779. The van der Waals surface area contributed by atoms with Gasteiger partial charge in [-0.3, -0.25) is 19.2 Å². The second-order valence-electron chi connectivity index (χ2n) is 11.0. The first-order valence-electron chi connectivity index (χ1n) is 14.3. The lowest BCUT2D eigenvalue weighted by Gasteiger charge is -2.34. The van der Waals surface area contributed by atoms with E-state index in [1.54, 1.807) is 37.0 Å². The van der Waals surface area contributed by atoms with Gasteiger partial charge in [0.25, 0.3) is 0 Å². The number of halogens is 2. The zero-order valence-corrected chi connectivity index (χ0v) is 26.5. The van der Waals surface area contributed by atoms with Crippen molar-refractivity contribution in [1.82, 2.24) is 20.0 Å². The minimum Gasteiger partial charge on any atom is -0.350 e. The number of hydrogen-bond acceptors (Lipinski definition) is 5. The third-order valence-electron chi connectivity index (χ3n) is 7.95. The van der Waals surface area contributed by atoms with Crippen LogP contribution in [-0.2, 0) is 25.6 Å². The zero-order chi connectivity index (χ0) is 29.9. The SMILES string of the molecule is CC(C/C=C/CSCC1CCCN1C(=O)[C@H](Cc1cc(Cl)ccc1Cl)N(C)C(=O)CNC=O)N(C)C(=O)CC1CC1. The quantitative estimate of drug-likeness (QED) is 0.167. The molecule has 0 bridgehead atoms. The van der Waals surface area contributed by atoms with Crippen molar-refractivity contribution in [3.8, 4) is 0 Å². The number of hydrogen-bond donors (Lipinski definition) is 1. The first-order chi connectivity index (χ1) is 19.6. The fourth-order valence-electron chi connectivity index (χ4n) is 4.97.